The third-order valence-corrected chi connectivity index (χ3v) is 8.94. The molecule has 1 aliphatic heterocycles. The van der Waals surface area contributed by atoms with Crippen LogP contribution in [-0.4, -0.2) is 10.3 Å². The third kappa shape index (κ3) is 3.15. The smallest absolute Gasteiger partial charge is 0.0669 e. The van der Waals surface area contributed by atoms with E-state index in [1.54, 1.807) is 4.57 Å². The zero-order valence-corrected chi connectivity index (χ0v) is 22.7. The standard InChI is InChI=1S/C41H26N2/c1-3-12-28-25(9-1)19-22-39-41(28)33-13-4-6-17-38(33)43(39)37-18-8-14-29-30(37)20-21-31-34(29)23-27-11-7-15-32(40(27)31)36-24-26-10-2-5-16-35(26)42-36/h1-22H,23-24H2/i1D,3D,4D,6D,9D,12D,13D,17D,19D,22D. The predicted molar refractivity (Wildman–Crippen MR) is 180 cm³/mol. The fourth-order valence-corrected chi connectivity index (χ4v) is 7.12. The van der Waals surface area contributed by atoms with Crippen LogP contribution in [-0.2, 0) is 12.8 Å². The molecule has 0 saturated carbocycles. The number of fused-ring (bicyclic) bond motifs is 11. The Morgan fingerprint density at radius 2 is 1.42 bits per heavy atom. The van der Waals surface area contributed by atoms with Gasteiger partial charge in [-0.15, -0.1) is 0 Å². The molecule has 1 aromatic heterocycles. The van der Waals surface area contributed by atoms with E-state index in [4.69, 9.17) is 17.3 Å². The van der Waals surface area contributed by atoms with Gasteiger partial charge in [-0.05, 0) is 74.6 Å². The quantitative estimate of drug-likeness (QED) is 0.202. The summed E-state index contributed by atoms with van der Waals surface area (Å²) in [5.41, 5.74) is 9.44. The normalized spacial score (nSPS) is 16.8. The molecule has 2 heteroatoms. The molecule has 1 aliphatic carbocycles. The Morgan fingerprint density at radius 1 is 0.581 bits per heavy atom. The van der Waals surface area contributed by atoms with E-state index < -0.39 is 48.3 Å². The van der Waals surface area contributed by atoms with Gasteiger partial charge in [0.25, 0.3) is 0 Å². The molecular weight excluding hydrogens is 520 g/mol. The van der Waals surface area contributed by atoms with Crippen LogP contribution in [0.15, 0.2) is 138 Å². The molecule has 0 N–H and O–H groups in total. The number of hydrogen-bond acceptors (Lipinski definition) is 1. The first-order valence-corrected chi connectivity index (χ1v) is 14.3. The minimum absolute atomic E-state index is 0.0306. The molecule has 0 unspecified atom stereocenters. The van der Waals surface area contributed by atoms with Crippen molar-refractivity contribution < 1.29 is 13.7 Å². The van der Waals surface area contributed by atoms with E-state index in [0.29, 0.717) is 12.1 Å². The van der Waals surface area contributed by atoms with Gasteiger partial charge < -0.3 is 4.57 Å². The van der Waals surface area contributed by atoms with Gasteiger partial charge in [-0.25, -0.2) is 0 Å². The lowest BCUT2D eigenvalue weighted by atomic mass is 9.93. The number of nitrogens with zero attached hydrogens (tertiary/aromatic N) is 2. The van der Waals surface area contributed by atoms with Crippen LogP contribution in [0.3, 0.4) is 0 Å². The monoisotopic (exact) mass is 556 g/mol. The summed E-state index contributed by atoms with van der Waals surface area (Å²) >= 11 is 0. The van der Waals surface area contributed by atoms with Crippen molar-refractivity contribution in [3.8, 4) is 16.8 Å². The Morgan fingerprint density at radius 3 is 2.37 bits per heavy atom. The Labute approximate surface area is 263 Å². The van der Waals surface area contributed by atoms with Crippen LogP contribution < -0.4 is 0 Å². The van der Waals surface area contributed by atoms with Crippen molar-refractivity contribution >= 4 is 54.7 Å². The lowest BCUT2D eigenvalue weighted by Crippen LogP contribution is -2.03. The second kappa shape index (κ2) is 8.53. The highest BCUT2D eigenvalue weighted by atomic mass is 15.0. The van der Waals surface area contributed by atoms with E-state index >= 15 is 0 Å². The van der Waals surface area contributed by atoms with Crippen molar-refractivity contribution in [3.63, 3.8) is 0 Å². The van der Waals surface area contributed by atoms with Crippen LogP contribution in [0.2, 0.25) is 0 Å². The van der Waals surface area contributed by atoms with Crippen molar-refractivity contribution in [3.05, 3.63) is 155 Å². The van der Waals surface area contributed by atoms with Crippen molar-refractivity contribution in [2.45, 2.75) is 12.8 Å². The maximum absolute atomic E-state index is 9.32. The fraction of sp³-hybridized carbons (Fsp3) is 0.0488. The second-order valence-corrected chi connectivity index (χ2v) is 11.1. The lowest BCUT2D eigenvalue weighted by Gasteiger charge is -2.15. The van der Waals surface area contributed by atoms with Crippen LogP contribution in [0.25, 0.3) is 60.2 Å². The minimum atomic E-state index is -0.544. The number of aromatic nitrogens is 1. The zero-order chi connectivity index (χ0) is 36.8. The summed E-state index contributed by atoms with van der Waals surface area (Å²) in [7, 11) is 0. The number of aliphatic imine (C=N–C) groups is 1. The van der Waals surface area contributed by atoms with Crippen LogP contribution >= 0.6 is 0 Å². The minimum Gasteiger partial charge on any atom is -0.309 e. The Bertz CT molecular complexity index is 3070. The van der Waals surface area contributed by atoms with Gasteiger partial charge in [0.2, 0.25) is 0 Å². The van der Waals surface area contributed by atoms with Crippen molar-refractivity contribution in [1.82, 2.24) is 4.57 Å². The van der Waals surface area contributed by atoms with Crippen molar-refractivity contribution in [2.24, 2.45) is 4.99 Å². The maximum Gasteiger partial charge on any atom is 0.0669 e. The van der Waals surface area contributed by atoms with Crippen LogP contribution in [0.5, 0.6) is 0 Å². The van der Waals surface area contributed by atoms with Gasteiger partial charge in [0.05, 0.1) is 41.8 Å². The molecule has 0 saturated heterocycles. The first-order chi connectivity index (χ1) is 25.5. The molecule has 0 fully saturated rings. The summed E-state index contributed by atoms with van der Waals surface area (Å²) in [5, 5.41) is 1.58. The van der Waals surface area contributed by atoms with Gasteiger partial charge in [-0.3, -0.25) is 4.99 Å². The van der Waals surface area contributed by atoms with Gasteiger partial charge in [0, 0.05) is 28.1 Å². The summed E-state index contributed by atoms with van der Waals surface area (Å²) in [5.74, 6) is 0. The highest BCUT2D eigenvalue weighted by Gasteiger charge is 2.27. The SMILES string of the molecule is [2H]c1c([2H])c([2H])c2c(c1[2H])c([2H])c([2H])c1c2c2c([2H])c([2H])c([2H])c([2H])c2n1-c1cccc2c3c(ccc12)-c1c(cccc1C1=Nc2ccccc2C1)C3. The molecule has 2 heterocycles. The Kier molecular flexibility index (Phi) is 3.11. The molecule has 0 spiro atoms. The molecular formula is C41H26N2. The molecule has 43 heavy (non-hydrogen) atoms. The van der Waals surface area contributed by atoms with E-state index in [1.165, 1.54) is 11.1 Å². The zero-order valence-electron chi connectivity index (χ0n) is 32.7. The molecule has 0 bridgehead atoms. The molecule has 2 nitrogen and oxygen atoms in total. The molecule has 2 aliphatic rings. The Hall–Kier alpha value is -5.47. The lowest BCUT2D eigenvalue weighted by molar-refractivity contribution is 1.20. The predicted octanol–water partition coefficient (Wildman–Crippen LogP) is 10.3. The summed E-state index contributed by atoms with van der Waals surface area (Å²) in [6.45, 7) is 0. The number of hydrogen-bond donors (Lipinski definition) is 0. The number of rotatable bonds is 2. The van der Waals surface area contributed by atoms with E-state index in [-0.39, 0.29) is 44.7 Å². The van der Waals surface area contributed by atoms with E-state index in [2.05, 4.69) is 30.3 Å². The van der Waals surface area contributed by atoms with Gasteiger partial charge in [-0.1, -0.05) is 109 Å². The summed E-state index contributed by atoms with van der Waals surface area (Å²) in [4.78, 5) is 5.00. The second-order valence-electron chi connectivity index (χ2n) is 11.1. The van der Waals surface area contributed by atoms with E-state index in [0.717, 1.165) is 50.8 Å². The first-order valence-electron chi connectivity index (χ1n) is 19.3. The van der Waals surface area contributed by atoms with Gasteiger partial charge in [-0.2, -0.15) is 0 Å². The molecule has 10 rings (SSSR count). The first kappa shape index (κ1) is 15.7. The molecule has 8 aromatic rings. The Balaban J connectivity index is 1.30. The van der Waals surface area contributed by atoms with Crippen molar-refractivity contribution in [2.75, 3.05) is 0 Å². The van der Waals surface area contributed by atoms with Gasteiger partial charge in [0.15, 0.2) is 0 Å². The summed E-state index contributed by atoms with van der Waals surface area (Å²) < 4.78 is 89.8. The van der Waals surface area contributed by atoms with Crippen LogP contribution in [0, 0.1) is 0 Å². The van der Waals surface area contributed by atoms with E-state index in [9.17, 15) is 1.37 Å². The van der Waals surface area contributed by atoms with Crippen molar-refractivity contribution in [1.29, 1.82) is 0 Å². The number of benzene rings is 7. The fourth-order valence-electron chi connectivity index (χ4n) is 7.12. The summed E-state index contributed by atoms with van der Waals surface area (Å²) in [6, 6.07) is 19.8. The number of para-hydroxylation sites is 2. The third-order valence-electron chi connectivity index (χ3n) is 8.94. The summed E-state index contributed by atoms with van der Waals surface area (Å²) in [6.07, 6.45) is 1.40. The average molecular weight is 557 g/mol. The van der Waals surface area contributed by atoms with Crippen LogP contribution in [0.4, 0.5) is 5.69 Å². The molecule has 0 amide bonds. The molecule has 7 aromatic carbocycles. The van der Waals surface area contributed by atoms with Gasteiger partial charge >= 0.3 is 0 Å². The molecule has 0 radical (unpaired) electrons. The average Bonchev–Trinajstić information content (AvgIpc) is 3.88. The topological polar surface area (TPSA) is 17.3 Å². The molecule has 0 atom stereocenters. The van der Waals surface area contributed by atoms with E-state index in [1.807, 2.05) is 42.5 Å². The maximum atomic E-state index is 9.32. The van der Waals surface area contributed by atoms with Crippen LogP contribution in [0.1, 0.15) is 36.0 Å². The molecule has 200 valence electrons. The largest absolute Gasteiger partial charge is 0.309 e. The highest BCUT2D eigenvalue weighted by Crippen LogP contribution is 2.46. The van der Waals surface area contributed by atoms with Gasteiger partial charge in [0.1, 0.15) is 0 Å². The highest BCUT2D eigenvalue weighted by molar-refractivity contribution is 6.22.